The molecule has 1 fully saturated rings. The molecule has 1 aliphatic rings. The fourth-order valence-electron chi connectivity index (χ4n) is 2.49. The summed E-state index contributed by atoms with van der Waals surface area (Å²) in [5, 5.41) is 7.85. The monoisotopic (exact) mass is 274 g/mol. The number of amides is 1. The average Bonchev–Trinajstić information content (AvgIpc) is 2.82. The number of morpholine rings is 1. The summed E-state index contributed by atoms with van der Waals surface area (Å²) < 4.78 is 5.56. The third-order valence-corrected chi connectivity index (χ3v) is 3.72. The zero-order chi connectivity index (χ0) is 14.3. The zero-order valence-corrected chi connectivity index (χ0v) is 11.9. The van der Waals surface area contributed by atoms with Gasteiger partial charge in [0, 0.05) is 23.8 Å². The van der Waals surface area contributed by atoms with E-state index in [2.05, 4.69) is 15.2 Å². The molecule has 20 heavy (non-hydrogen) atoms. The molecule has 0 radical (unpaired) electrons. The lowest BCUT2D eigenvalue weighted by Crippen LogP contribution is -2.50. The molecule has 1 N–H and O–H groups in total. The predicted molar refractivity (Wildman–Crippen MR) is 74.5 cm³/mol. The van der Waals surface area contributed by atoms with Gasteiger partial charge in [0.05, 0.1) is 24.3 Å². The molecule has 0 aliphatic carbocycles. The Morgan fingerprint density at radius 3 is 3.10 bits per heavy atom. The van der Waals surface area contributed by atoms with Gasteiger partial charge in [0.1, 0.15) is 0 Å². The van der Waals surface area contributed by atoms with E-state index >= 15 is 0 Å². The molecule has 2 aromatic heterocycles. The molecule has 3 heterocycles. The van der Waals surface area contributed by atoms with Crippen LogP contribution in [0.25, 0.3) is 11.0 Å². The van der Waals surface area contributed by atoms with Crippen LogP contribution in [-0.2, 0) is 4.74 Å². The van der Waals surface area contributed by atoms with E-state index in [1.165, 1.54) is 0 Å². The van der Waals surface area contributed by atoms with Crippen molar-refractivity contribution in [3.8, 4) is 0 Å². The van der Waals surface area contributed by atoms with Crippen LogP contribution in [0.5, 0.6) is 0 Å². The Hall–Kier alpha value is -1.95. The van der Waals surface area contributed by atoms with Crippen molar-refractivity contribution < 1.29 is 9.53 Å². The minimum absolute atomic E-state index is 0.00245. The van der Waals surface area contributed by atoms with E-state index in [4.69, 9.17) is 4.74 Å². The van der Waals surface area contributed by atoms with Gasteiger partial charge in [-0.2, -0.15) is 5.10 Å². The average molecular weight is 274 g/mol. The number of nitrogens with one attached hydrogen (secondary N) is 1. The molecule has 0 saturated carbocycles. The number of hydrogen-bond acceptors (Lipinski definition) is 4. The van der Waals surface area contributed by atoms with Crippen LogP contribution in [0.1, 0.15) is 29.9 Å². The van der Waals surface area contributed by atoms with Crippen molar-refractivity contribution in [1.29, 1.82) is 0 Å². The second-order valence-corrected chi connectivity index (χ2v) is 5.39. The first-order valence-corrected chi connectivity index (χ1v) is 6.79. The van der Waals surface area contributed by atoms with Gasteiger partial charge < -0.3 is 9.64 Å². The molecule has 0 aromatic carbocycles. The summed E-state index contributed by atoms with van der Waals surface area (Å²) in [6.07, 6.45) is 1.67. The van der Waals surface area contributed by atoms with E-state index < -0.39 is 0 Å². The van der Waals surface area contributed by atoms with Gasteiger partial charge >= 0.3 is 0 Å². The Bertz CT molecular complexity index is 652. The summed E-state index contributed by atoms with van der Waals surface area (Å²) in [6.45, 7) is 7.09. The smallest absolute Gasteiger partial charge is 0.255 e. The van der Waals surface area contributed by atoms with Gasteiger partial charge in [0.25, 0.3) is 5.91 Å². The van der Waals surface area contributed by atoms with Crippen LogP contribution in [0.4, 0.5) is 0 Å². The summed E-state index contributed by atoms with van der Waals surface area (Å²) in [5.74, 6) is 0.00245. The summed E-state index contributed by atoms with van der Waals surface area (Å²) in [7, 11) is 0. The van der Waals surface area contributed by atoms with Crippen LogP contribution >= 0.6 is 0 Å². The molecule has 1 aliphatic heterocycles. The number of ether oxygens (including phenoxy) is 1. The van der Waals surface area contributed by atoms with Crippen molar-refractivity contribution in [2.75, 3.05) is 13.2 Å². The van der Waals surface area contributed by atoms with Crippen LogP contribution in [0.3, 0.4) is 0 Å². The molecule has 2 atom stereocenters. The van der Waals surface area contributed by atoms with Gasteiger partial charge in [-0.3, -0.25) is 9.89 Å². The van der Waals surface area contributed by atoms with Crippen LogP contribution < -0.4 is 0 Å². The standard InChI is InChI=1S/C14H18N4O2/c1-8-7-20-9(2)6-18(8)14(19)11-4-12-10(3)16-17-13(12)15-5-11/h4-5,8-9H,6-7H2,1-3H3,(H,15,16,17). The first kappa shape index (κ1) is 13.1. The maximum atomic E-state index is 12.6. The number of fused-ring (bicyclic) bond motifs is 1. The fraction of sp³-hybridized carbons (Fsp3) is 0.500. The maximum Gasteiger partial charge on any atom is 0.255 e. The third kappa shape index (κ3) is 2.16. The molecule has 0 bridgehead atoms. The number of aromatic amines is 1. The number of H-pyrrole nitrogens is 1. The molecule has 106 valence electrons. The predicted octanol–water partition coefficient (Wildman–Crippen LogP) is 1.52. The molecule has 2 aromatic rings. The third-order valence-electron chi connectivity index (χ3n) is 3.72. The normalized spacial score (nSPS) is 23.2. The highest BCUT2D eigenvalue weighted by Gasteiger charge is 2.28. The van der Waals surface area contributed by atoms with Crippen molar-refractivity contribution in [1.82, 2.24) is 20.1 Å². The van der Waals surface area contributed by atoms with E-state index in [0.29, 0.717) is 24.4 Å². The number of carbonyl (C=O) groups is 1. The molecule has 0 spiro atoms. The summed E-state index contributed by atoms with van der Waals surface area (Å²) in [4.78, 5) is 18.7. The second-order valence-electron chi connectivity index (χ2n) is 5.39. The highest BCUT2D eigenvalue weighted by Crippen LogP contribution is 2.19. The number of carbonyl (C=O) groups excluding carboxylic acids is 1. The molecule has 1 amide bonds. The lowest BCUT2D eigenvalue weighted by molar-refractivity contribution is -0.0387. The van der Waals surface area contributed by atoms with Gasteiger partial charge in [-0.1, -0.05) is 0 Å². The van der Waals surface area contributed by atoms with Gasteiger partial charge in [-0.15, -0.1) is 0 Å². The zero-order valence-electron chi connectivity index (χ0n) is 11.9. The highest BCUT2D eigenvalue weighted by atomic mass is 16.5. The quantitative estimate of drug-likeness (QED) is 0.855. The van der Waals surface area contributed by atoms with Crippen LogP contribution in [-0.4, -0.2) is 51.3 Å². The Labute approximate surface area is 117 Å². The van der Waals surface area contributed by atoms with Crippen molar-refractivity contribution in [3.63, 3.8) is 0 Å². The summed E-state index contributed by atoms with van der Waals surface area (Å²) in [5.41, 5.74) is 2.16. The maximum absolute atomic E-state index is 12.6. The first-order chi connectivity index (χ1) is 9.56. The van der Waals surface area contributed by atoms with Gasteiger partial charge in [-0.05, 0) is 26.8 Å². The number of rotatable bonds is 1. The van der Waals surface area contributed by atoms with Crippen LogP contribution in [0.15, 0.2) is 12.3 Å². The molecule has 3 rings (SSSR count). The number of aryl methyl sites for hydroxylation is 1. The Balaban J connectivity index is 1.93. The molecule has 2 unspecified atom stereocenters. The number of hydrogen-bond donors (Lipinski definition) is 1. The molecule has 1 saturated heterocycles. The Morgan fingerprint density at radius 1 is 1.50 bits per heavy atom. The number of pyridine rings is 1. The van der Waals surface area contributed by atoms with Crippen molar-refractivity contribution in [2.24, 2.45) is 0 Å². The molecule has 6 nitrogen and oxygen atoms in total. The SMILES string of the molecule is Cc1[nH]nc2ncc(C(=O)N3CC(C)OCC3C)cc12. The fourth-order valence-corrected chi connectivity index (χ4v) is 2.49. The van der Waals surface area contributed by atoms with Gasteiger partial charge in [0.2, 0.25) is 0 Å². The minimum atomic E-state index is 0.00245. The van der Waals surface area contributed by atoms with E-state index in [1.807, 2.05) is 31.7 Å². The van der Waals surface area contributed by atoms with E-state index in [-0.39, 0.29) is 18.1 Å². The topological polar surface area (TPSA) is 71.1 Å². The van der Waals surface area contributed by atoms with E-state index in [0.717, 1.165) is 11.1 Å². The highest BCUT2D eigenvalue weighted by molar-refractivity contribution is 5.97. The first-order valence-electron chi connectivity index (χ1n) is 6.79. The largest absolute Gasteiger partial charge is 0.375 e. The Morgan fingerprint density at radius 2 is 2.30 bits per heavy atom. The van der Waals surface area contributed by atoms with E-state index in [1.54, 1.807) is 6.20 Å². The van der Waals surface area contributed by atoms with Crippen LogP contribution in [0.2, 0.25) is 0 Å². The molecular weight excluding hydrogens is 256 g/mol. The lowest BCUT2D eigenvalue weighted by Gasteiger charge is -2.36. The van der Waals surface area contributed by atoms with Gasteiger partial charge in [0.15, 0.2) is 5.65 Å². The second kappa shape index (κ2) is 4.86. The summed E-state index contributed by atoms with van der Waals surface area (Å²) in [6, 6.07) is 1.94. The van der Waals surface area contributed by atoms with Crippen LogP contribution in [0, 0.1) is 6.92 Å². The molecule has 6 heteroatoms. The number of aromatic nitrogens is 3. The van der Waals surface area contributed by atoms with Crippen molar-refractivity contribution >= 4 is 16.9 Å². The number of nitrogens with zero attached hydrogens (tertiary/aromatic N) is 3. The van der Waals surface area contributed by atoms with Gasteiger partial charge in [-0.25, -0.2) is 4.98 Å². The summed E-state index contributed by atoms with van der Waals surface area (Å²) >= 11 is 0. The molecular formula is C14H18N4O2. The Kier molecular flexibility index (Phi) is 3.17. The van der Waals surface area contributed by atoms with Crippen molar-refractivity contribution in [2.45, 2.75) is 32.9 Å². The van der Waals surface area contributed by atoms with E-state index in [9.17, 15) is 4.79 Å². The minimum Gasteiger partial charge on any atom is -0.375 e. The lowest BCUT2D eigenvalue weighted by atomic mass is 10.1. The van der Waals surface area contributed by atoms with Crippen molar-refractivity contribution in [3.05, 3.63) is 23.5 Å².